The minimum absolute atomic E-state index is 0.0577. The fourth-order valence-electron chi connectivity index (χ4n) is 4.85. The molecular weight excluding hydrogens is 404 g/mol. The average molecular weight is 435 g/mol. The van der Waals surface area contributed by atoms with Gasteiger partial charge in [-0.25, -0.2) is 9.97 Å². The highest BCUT2D eigenvalue weighted by Crippen LogP contribution is 2.29. The van der Waals surface area contributed by atoms with E-state index in [1.165, 1.54) is 0 Å². The van der Waals surface area contributed by atoms with E-state index in [1.54, 1.807) is 25.6 Å². The summed E-state index contributed by atoms with van der Waals surface area (Å²) in [6.45, 7) is 6.37. The first-order valence-electron chi connectivity index (χ1n) is 11.5. The lowest BCUT2D eigenvalue weighted by atomic mass is 9.84. The molecule has 1 aliphatic carbocycles. The van der Waals surface area contributed by atoms with Crippen LogP contribution in [0.15, 0.2) is 35.2 Å². The smallest absolute Gasteiger partial charge is 0.228 e. The van der Waals surface area contributed by atoms with Gasteiger partial charge in [-0.15, -0.1) is 0 Å². The fourth-order valence-corrected chi connectivity index (χ4v) is 4.85. The van der Waals surface area contributed by atoms with Crippen LogP contribution in [0, 0.1) is 12.8 Å². The number of piperazine rings is 1. The van der Waals surface area contributed by atoms with Crippen LogP contribution in [0.3, 0.4) is 0 Å². The maximum Gasteiger partial charge on any atom is 0.228 e. The molecule has 0 spiro atoms. The number of carbonyl (C=O) groups excluding carboxylic acids is 1. The van der Waals surface area contributed by atoms with Crippen LogP contribution in [-0.4, -0.2) is 69.9 Å². The van der Waals surface area contributed by atoms with E-state index >= 15 is 0 Å². The van der Waals surface area contributed by atoms with E-state index in [-0.39, 0.29) is 11.8 Å². The second-order valence-electron chi connectivity index (χ2n) is 9.07. The number of aromatic nitrogens is 3. The highest BCUT2D eigenvalue weighted by atomic mass is 16.3. The van der Waals surface area contributed by atoms with Gasteiger partial charge in [0.25, 0.3) is 0 Å². The minimum Gasteiger partial charge on any atom is -0.449 e. The topological polar surface area (TPSA) is 87.4 Å². The second-order valence-corrected chi connectivity index (χ2v) is 9.07. The van der Waals surface area contributed by atoms with Crippen LogP contribution in [-0.2, 0) is 4.79 Å². The summed E-state index contributed by atoms with van der Waals surface area (Å²) in [7, 11) is 2.19. The van der Waals surface area contributed by atoms with Gasteiger partial charge >= 0.3 is 0 Å². The van der Waals surface area contributed by atoms with E-state index in [0.717, 1.165) is 68.3 Å². The molecule has 1 saturated heterocycles. The first kappa shape index (κ1) is 21.0. The third-order valence-corrected chi connectivity index (χ3v) is 6.86. The van der Waals surface area contributed by atoms with Crippen LogP contribution in [0.5, 0.6) is 0 Å². The van der Waals surface area contributed by atoms with Gasteiger partial charge in [0.2, 0.25) is 5.91 Å². The molecule has 2 fully saturated rings. The SMILES string of the molecule is Cc1nc(-c2cc3cc(NC(=O)[C@H]4CC[C@H](N5CCN(C)CC5)CC4)ncc3cn2)co1. The molecule has 1 aliphatic heterocycles. The van der Waals surface area contributed by atoms with Crippen molar-refractivity contribution in [1.29, 1.82) is 0 Å². The first-order chi connectivity index (χ1) is 15.5. The van der Waals surface area contributed by atoms with E-state index < -0.39 is 0 Å². The molecule has 1 saturated carbocycles. The standard InChI is InChI=1S/C24H30N6O2/c1-16-27-22(15-32-16)21-11-18-12-23(26-14-19(18)13-25-21)28-24(31)17-3-5-20(6-4-17)30-9-7-29(2)8-10-30/h11-15,17,20H,3-10H2,1-2H3,(H,26,28,31)/t17-,20-. The molecule has 0 aromatic carbocycles. The second kappa shape index (κ2) is 8.96. The Kier molecular flexibility index (Phi) is 5.89. The average Bonchev–Trinajstić information content (AvgIpc) is 3.25. The number of amides is 1. The predicted molar refractivity (Wildman–Crippen MR) is 123 cm³/mol. The summed E-state index contributed by atoms with van der Waals surface area (Å²) in [5.41, 5.74) is 1.43. The lowest BCUT2D eigenvalue weighted by Gasteiger charge is -2.40. The van der Waals surface area contributed by atoms with E-state index in [0.29, 0.717) is 23.4 Å². The molecule has 0 bridgehead atoms. The van der Waals surface area contributed by atoms with Gasteiger partial charge in [-0.1, -0.05) is 0 Å². The van der Waals surface area contributed by atoms with Gasteiger partial charge in [-0.3, -0.25) is 14.7 Å². The van der Waals surface area contributed by atoms with E-state index in [4.69, 9.17) is 4.42 Å². The van der Waals surface area contributed by atoms with Crippen molar-refractivity contribution < 1.29 is 9.21 Å². The number of anilines is 1. The molecule has 2 aliphatic rings. The van der Waals surface area contributed by atoms with Gasteiger partial charge in [0.1, 0.15) is 17.8 Å². The number of hydrogen-bond acceptors (Lipinski definition) is 7. The van der Waals surface area contributed by atoms with Crippen LogP contribution < -0.4 is 5.32 Å². The number of pyridine rings is 2. The van der Waals surface area contributed by atoms with Crippen molar-refractivity contribution in [3.05, 3.63) is 36.7 Å². The summed E-state index contributed by atoms with van der Waals surface area (Å²) in [6, 6.07) is 4.48. The quantitative estimate of drug-likeness (QED) is 0.674. The Labute approximate surface area is 188 Å². The highest BCUT2D eigenvalue weighted by molar-refractivity contribution is 5.94. The number of hydrogen-bond donors (Lipinski definition) is 1. The zero-order valence-electron chi connectivity index (χ0n) is 18.8. The molecule has 0 radical (unpaired) electrons. The molecular formula is C24H30N6O2. The number of nitrogens with zero attached hydrogens (tertiary/aromatic N) is 5. The van der Waals surface area contributed by atoms with E-state index in [9.17, 15) is 4.79 Å². The van der Waals surface area contributed by atoms with Gasteiger partial charge in [0, 0.05) is 62.8 Å². The van der Waals surface area contributed by atoms with Crippen molar-refractivity contribution in [2.24, 2.45) is 5.92 Å². The van der Waals surface area contributed by atoms with Crippen molar-refractivity contribution in [3.63, 3.8) is 0 Å². The molecule has 5 rings (SSSR count). The first-order valence-corrected chi connectivity index (χ1v) is 11.5. The number of rotatable bonds is 4. The van der Waals surface area contributed by atoms with E-state index in [1.807, 2.05) is 12.1 Å². The molecule has 3 aromatic heterocycles. The van der Waals surface area contributed by atoms with Crippen molar-refractivity contribution in [1.82, 2.24) is 24.8 Å². The van der Waals surface area contributed by atoms with Gasteiger partial charge < -0.3 is 14.6 Å². The zero-order valence-corrected chi connectivity index (χ0v) is 18.8. The normalized spacial score (nSPS) is 22.8. The monoisotopic (exact) mass is 434 g/mol. The van der Waals surface area contributed by atoms with Gasteiger partial charge in [-0.2, -0.15) is 0 Å². The number of likely N-dealkylation sites (N-methyl/N-ethyl adjacent to an activating group) is 1. The summed E-state index contributed by atoms with van der Waals surface area (Å²) in [5.74, 6) is 1.32. The Morgan fingerprint density at radius 1 is 1.00 bits per heavy atom. The molecule has 4 heterocycles. The fraction of sp³-hybridized carbons (Fsp3) is 0.500. The van der Waals surface area contributed by atoms with Crippen molar-refractivity contribution in [2.75, 3.05) is 38.5 Å². The van der Waals surface area contributed by atoms with Crippen LogP contribution in [0.4, 0.5) is 5.82 Å². The van der Waals surface area contributed by atoms with Crippen LogP contribution in [0.1, 0.15) is 31.6 Å². The third kappa shape index (κ3) is 4.52. The Hall–Kier alpha value is -2.84. The molecule has 8 nitrogen and oxygen atoms in total. The molecule has 3 aromatic rings. The number of fused-ring (bicyclic) bond motifs is 1. The summed E-state index contributed by atoms with van der Waals surface area (Å²) in [6.07, 6.45) is 9.20. The van der Waals surface area contributed by atoms with Crippen LogP contribution >= 0.6 is 0 Å². The predicted octanol–water partition coefficient (Wildman–Crippen LogP) is 3.34. The molecule has 0 unspecified atom stereocenters. The molecule has 1 amide bonds. The Morgan fingerprint density at radius 3 is 2.47 bits per heavy atom. The Balaban J connectivity index is 1.22. The maximum atomic E-state index is 12.9. The number of carbonyl (C=O) groups is 1. The van der Waals surface area contributed by atoms with Gasteiger partial charge in [0.05, 0.1) is 5.69 Å². The van der Waals surface area contributed by atoms with Crippen LogP contribution in [0.2, 0.25) is 0 Å². The minimum atomic E-state index is 0.0577. The summed E-state index contributed by atoms with van der Waals surface area (Å²) < 4.78 is 5.30. The van der Waals surface area contributed by atoms with Crippen molar-refractivity contribution in [3.8, 4) is 11.4 Å². The number of nitrogens with one attached hydrogen (secondary N) is 1. The van der Waals surface area contributed by atoms with Crippen LogP contribution in [0.25, 0.3) is 22.2 Å². The van der Waals surface area contributed by atoms with Crippen molar-refractivity contribution in [2.45, 2.75) is 38.6 Å². The summed E-state index contributed by atoms with van der Waals surface area (Å²) >= 11 is 0. The van der Waals surface area contributed by atoms with Gasteiger partial charge in [0.15, 0.2) is 5.89 Å². The highest BCUT2D eigenvalue weighted by Gasteiger charge is 2.30. The molecule has 1 N–H and O–H groups in total. The summed E-state index contributed by atoms with van der Waals surface area (Å²) in [5, 5.41) is 4.92. The Morgan fingerprint density at radius 2 is 1.75 bits per heavy atom. The summed E-state index contributed by atoms with van der Waals surface area (Å²) in [4.78, 5) is 31.1. The van der Waals surface area contributed by atoms with Crippen molar-refractivity contribution >= 4 is 22.5 Å². The molecule has 168 valence electrons. The van der Waals surface area contributed by atoms with Gasteiger partial charge in [-0.05, 0) is 50.2 Å². The molecule has 8 heteroatoms. The largest absolute Gasteiger partial charge is 0.449 e. The third-order valence-electron chi connectivity index (χ3n) is 6.86. The molecule has 32 heavy (non-hydrogen) atoms. The zero-order chi connectivity index (χ0) is 22.1. The lowest BCUT2D eigenvalue weighted by Crippen LogP contribution is -2.50. The van der Waals surface area contributed by atoms with E-state index in [2.05, 4.69) is 37.1 Å². The Bertz CT molecular complexity index is 1100. The number of oxazole rings is 1. The lowest BCUT2D eigenvalue weighted by molar-refractivity contribution is -0.121. The molecule has 0 atom stereocenters. The number of aryl methyl sites for hydroxylation is 1. The maximum absolute atomic E-state index is 12.9.